The van der Waals surface area contributed by atoms with Crippen LogP contribution in [-0.2, 0) is 4.79 Å². The SMILES string of the molecule is CC(C)[C@H](NC(N)=O)C(=O)N1CC[NH+](CCOc2ccc(Cl)cc2)CC1. The third-order valence-electron chi connectivity index (χ3n) is 4.55. The van der Waals surface area contributed by atoms with Gasteiger partial charge in [0.1, 0.15) is 24.9 Å². The summed E-state index contributed by atoms with van der Waals surface area (Å²) < 4.78 is 5.73. The van der Waals surface area contributed by atoms with Crippen LogP contribution in [0.5, 0.6) is 5.75 Å². The third-order valence-corrected chi connectivity index (χ3v) is 4.80. The molecule has 0 spiro atoms. The topological polar surface area (TPSA) is 89.1 Å². The second-order valence-electron chi connectivity index (χ2n) is 6.86. The summed E-state index contributed by atoms with van der Waals surface area (Å²) in [5, 5.41) is 3.24. The van der Waals surface area contributed by atoms with Crippen LogP contribution < -0.4 is 20.7 Å². The van der Waals surface area contributed by atoms with Gasteiger partial charge in [-0.3, -0.25) is 4.79 Å². The lowest BCUT2D eigenvalue weighted by molar-refractivity contribution is -0.904. The number of piperazine rings is 1. The van der Waals surface area contributed by atoms with Gasteiger partial charge in [-0.2, -0.15) is 0 Å². The van der Waals surface area contributed by atoms with E-state index in [2.05, 4.69) is 5.32 Å². The number of carbonyl (C=O) groups excluding carboxylic acids is 2. The van der Waals surface area contributed by atoms with Gasteiger partial charge in [-0.25, -0.2) is 4.79 Å². The molecule has 7 nitrogen and oxygen atoms in total. The van der Waals surface area contributed by atoms with Gasteiger partial charge in [0.2, 0.25) is 5.91 Å². The van der Waals surface area contributed by atoms with Crippen molar-refractivity contribution in [2.24, 2.45) is 11.7 Å². The van der Waals surface area contributed by atoms with Crippen LogP contribution in [0.1, 0.15) is 13.8 Å². The van der Waals surface area contributed by atoms with Gasteiger partial charge in [-0.05, 0) is 30.2 Å². The Kier molecular flexibility index (Phi) is 7.53. The Balaban J connectivity index is 1.74. The van der Waals surface area contributed by atoms with E-state index >= 15 is 0 Å². The summed E-state index contributed by atoms with van der Waals surface area (Å²) in [6.45, 7) is 8.33. The minimum Gasteiger partial charge on any atom is -0.488 e. The summed E-state index contributed by atoms with van der Waals surface area (Å²) in [7, 11) is 0. The van der Waals surface area contributed by atoms with Gasteiger partial charge in [0.15, 0.2) is 0 Å². The molecule has 1 aliphatic heterocycles. The van der Waals surface area contributed by atoms with Gasteiger partial charge in [-0.1, -0.05) is 25.4 Å². The van der Waals surface area contributed by atoms with Crippen LogP contribution in [0.15, 0.2) is 24.3 Å². The quantitative estimate of drug-likeness (QED) is 0.625. The van der Waals surface area contributed by atoms with E-state index in [1.807, 2.05) is 30.9 Å². The molecular formula is C18H28ClN4O3+. The van der Waals surface area contributed by atoms with Crippen LogP contribution >= 0.6 is 11.6 Å². The summed E-state index contributed by atoms with van der Waals surface area (Å²) in [5.41, 5.74) is 5.19. The number of benzene rings is 1. The minimum absolute atomic E-state index is 0.00634. The summed E-state index contributed by atoms with van der Waals surface area (Å²) >= 11 is 5.85. The molecule has 26 heavy (non-hydrogen) atoms. The number of carbonyl (C=O) groups is 2. The van der Waals surface area contributed by atoms with Gasteiger partial charge in [0, 0.05) is 5.02 Å². The monoisotopic (exact) mass is 383 g/mol. The number of ether oxygens (including phenoxy) is 1. The molecule has 0 unspecified atom stereocenters. The van der Waals surface area contributed by atoms with Gasteiger partial charge in [0.25, 0.3) is 0 Å². The van der Waals surface area contributed by atoms with E-state index in [4.69, 9.17) is 22.1 Å². The largest absolute Gasteiger partial charge is 0.488 e. The van der Waals surface area contributed by atoms with Gasteiger partial charge >= 0.3 is 6.03 Å². The number of rotatable bonds is 7. The fourth-order valence-corrected chi connectivity index (χ4v) is 3.13. The Morgan fingerprint density at radius 2 is 1.88 bits per heavy atom. The molecule has 1 fully saturated rings. The van der Waals surface area contributed by atoms with Crippen molar-refractivity contribution in [3.05, 3.63) is 29.3 Å². The number of urea groups is 1. The Morgan fingerprint density at radius 1 is 1.27 bits per heavy atom. The van der Waals surface area contributed by atoms with Crippen molar-refractivity contribution in [2.45, 2.75) is 19.9 Å². The van der Waals surface area contributed by atoms with Gasteiger partial charge < -0.3 is 25.6 Å². The average Bonchev–Trinajstić information content (AvgIpc) is 2.61. The number of primary amides is 1. The van der Waals surface area contributed by atoms with Crippen molar-refractivity contribution >= 4 is 23.5 Å². The molecule has 0 radical (unpaired) electrons. The molecule has 1 aromatic carbocycles. The predicted octanol–water partition coefficient (Wildman–Crippen LogP) is 0.139. The molecule has 3 amide bonds. The minimum atomic E-state index is -0.666. The molecule has 0 bridgehead atoms. The zero-order valence-corrected chi connectivity index (χ0v) is 16.1. The molecule has 2 rings (SSSR count). The molecule has 1 heterocycles. The van der Waals surface area contributed by atoms with Crippen molar-refractivity contribution in [3.8, 4) is 5.75 Å². The van der Waals surface area contributed by atoms with Crippen LogP contribution in [0.25, 0.3) is 0 Å². The number of quaternary nitrogens is 1. The maximum absolute atomic E-state index is 12.6. The number of nitrogens with one attached hydrogen (secondary N) is 2. The first-order chi connectivity index (χ1) is 12.4. The van der Waals surface area contributed by atoms with Crippen LogP contribution in [0, 0.1) is 5.92 Å². The third kappa shape index (κ3) is 6.07. The highest BCUT2D eigenvalue weighted by Crippen LogP contribution is 2.15. The predicted molar refractivity (Wildman–Crippen MR) is 100 cm³/mol. The van der Waals surface area contributed by atoms with E-state index < -0.39 is 12.1 Å². The summed E-state index contributed by atoms with van der Waals surface area (Å²) in [6.07, 6.45) is 0. The molecule has 0 aromatic heterocycles. The Labute approximate surface area is 159 Å². The van der Waals surface area contributed by atoms with E-state index in [-0.39, 0.29) is 11.8 Å². The lowest BCUT2D eigenvalue weighted by Crippen LogP contribution is -3.15. The van der Waals surface area contributed by atoms with E-state index in [0.29, 0.717) is 24.7 Å². The first kappa shape index (κ1) is 20.3. The van der Waals surface area contributed by atoms with E-state index in [9.17, 15) is 9.59 Å². The number of hydrogen-bond donors (Lipinski definition) is 3. The second-order valence-corrected chi connectivity index (χ2v) is 7.29. The van der Waals surface area contributed by atoms with Crippen LogP contribution in [0.3, 0.4) is 0 Å². The number of halogens is 1. The summed E-state index contributed by atoms with van der Waals surface area (Å²) in [5.74, 6) is 0.739. The van der Waals surface area contributed by atoms with Gasteiger partial charge in [0.05, 0.1) is 26.2 Å². The molecule has 1 atom stereocenters. The van der Waals surface area contributed by atoms with E-state index in [0.717, 1.165) is 25.4 Å². The lowest BCUT2D eigenvalue weighted by Gasteiger charge is -2.35. The zero-order chi connectivity index (χ0) is 19.1. The maximum atomic E-state index is 12.6. The highest BCUT2D eigenvalue weighted by molar-refractivity contribution is 6.30. The Bertz CT molecular complexity index is 601. The van der Waals surface area contributed by atoms with E-state index in [1.54, 1.807) is 12.1 Å². The molecule has 144 valence electrons. The number of hydrogen-bond acceptors (Lipinski definition) is 3. The van der Waals surface area contributed by atoms with Crippen LogP contribution in [0.4, 0.5) is 4.79 Å². The Morgan fingerprint density at radius 3 is 2.42 bits per heavy atom. The summed E-state index contributed by atoms with van der Waals surface area (Å²) in [4.78, 5) is 26.9. The number of amides is 3. The first-order valence-electron chi connectivity index (χ1n) is 8.93. The molecular weight excluding hydrogens is 356 g/mol. The average molecular weight is 384 g/mol. The molecule has 1 aliphatic rings. The van der Waals surface area contributed by atoms with Crippen molar-refractivity contribution < 1.29 is 19.2 Å². The molecule has 8 heteroatoms. The highest BCUT2D eigenvalue weighted by Gasteiger charge is 2.31. The Hall–Kier alpha value is -1.99. The van der Waals surface area contributed by atoms with Crippen molar-refractivity contribution in [1.29, 1.82) is 0 Å². The molecule has 1 saturated heterocycles. The molecule has 4 N–H and O–H groups in total. The van der Waals surface area contributed by atoms with Crippen LogP contribution in [0.2, 0.25) is 5.02 Å². The standard InChI is InChI=1S/C18H27ClN4O3/c1-13(2)16(21-18(20)25)17(24)23-9-7-22(8-10-23)11-12-26-15-5-3-14(19)4-6-15/h3-6,13,16H,7-12H2,1-2H3,(H3,20,21,25)/p+1/t16-/m0/s1. The highest BCUT2D eigenvalue weighted by atomic mass is 35.5. The van der Waals surface area contributed by atoms with Crippen LogP contribution in [-0.4, -0.2) is 62.2 Å². The summed E-state index contributed by atoms with van der Waals surface area (Å²) in [6, 6.07) is 6.08. The fraction of sp³-hybridized carbons (Fsp3) is 0.556. The van der Waals surface area contributed by atoms with Crippen molar-refractivity contribution in [3.63, 3.8) is 0 Å². The number of nitrogens with zero attached hydrogens (tertiary/aromatic N) is 1. The first-order valence-corrected chi connectivity index (χ1v) is 9.31. The molecule has 1 aromatic rings. The fourth-order valence-electron chi connectivity index (χ4n) is 3.00. The second kappa shape index (κ2) is 9.64. The normalized spacial score (nSPS) is 16.4. The lowest BCUT2D eigenvalue weighted by atomic mass is 10.0. The zero-order valence-electron chi connectivity index (χ0n) is 15.3. The maximum Gasteiger partial charge on any atom is 0.312 e. The van der Waals surface area contributed by atoms with Crippen molar-refractivity contribution in [1.82, 2.24) is 10.2 Å². The van der Waals surface area contributed by atoms with Gasteiger partial charge in [-0.15, -0.1) is 0 Å². The van der Waals surface area contributed by atoms with E-state index in [1.165, 1.54) is 4.90 Å². The van der Waals surface area contributed by atoms with Crippen molar-refractivity contribution in [2.75, 3.05) is 39.3 Å². The smallest absolute Gasteiger partial charge is 0.312 e. The molecule has 0 aliphatic carbocycles. The number of nitrogens with two attached hydrogens (primary N) is 1. The molecule has 0 saturated carbocycles.